The highest BCUT2D eigenvalue weighted by Gasteiger charge is 2.77. The maximum absolute atomic E-state index is 13.7. The van der Waals surface area contributed by atoms with Crippen LogP contribution in [0.2, 0.25) is 0 Å². The van der Waals surface area contributed by atoms with Crippen molar-refractivity contribution in [1.82, 2.24) is 0 Å². The van der Waals surface area contributed by atoms with Gasteiger partial charge in [0.2, 0.25) is 0 Å². The van der Waals surface area contributed by atoms with Gasteiger partial charge < -0.3 is 14.2 Å². The van der Waals surface area contributed by atoms with Gasteiger partial charge in [-0.15, -0.1) is 0 Å². The quantitative estimate of drug-likeness (QED) is 0.150. The predicted octanol–water partition coefficient (Wildman–Crippen LogP) is 6.34. The van der Waals surface area contributed by atoms with E-state index in [1.807, 2.05) is 4.74 Å². The molecule has 0 heterocycles. The lowest BCUT2D eigenvalue weighted by atomic mass is 10.3. The largest absolute Gasteiger partial charge is 0.463 e. The SMILES string of the molecule is CC(=O)OCC(COC(F)(F)C(F)OC(F)(F)C(F)(F)C(F)(F)F)OC(F)(F)C(F)OC(F)(F)C(F)(F)C(F)(F)F. The Balaban J connectivity index is 5.78. The summed E-state index contributed by atoms with van der Waals surface area (Å²) in [6, 6.07) is 0. The molecule has 41 heavy (non-hydrogen) atoms. The zero-order valence-electron chi connectivity index (χ0n) is 18.7. The molecule has 0 rings (SSSR count). The van der Waals surface area contributed by atoms with Gasteiger partial charge in [-0.05, 0) is 0 Å². The molecule has 0 aliphatic heterocycles. The van der Waals surface area contributed by atoms with Crippen molar-refractivity contribution in [3.05, 3.63) is 0 Å². The first-order chi connectivity index (χ1) is 17.8. The first kappa shape index (κ1) is 38.9. The molecule has 3 atom stereocenters. The van der Waals surface area contributed by atoms with Crippen LogP contribution in [0.3, 0.4) is 0 Å². The molecule has 0 spiro atoms. The lowest BCUT2D eigenvalue weighted by Crippen LogP contribution is -2.56. The lowest BCUT2D eigenvalue weighted by Gasteiger charge is -2.32. The molecule has 0 aliphatic rings. The van der Waals surface area contributed by atoms with Crippen molar-refractivity contribution in [2.45, 2.75) is 74.4 Å². The molecule has 0 amide bonds. The molecule has 0 N–H and O–H groups in total. The molecule has 6 nitrogen and oxygen atoms in total. The Morgan fingerprint density at radius 3 is 1.22 bits per heavy atom. The van der Waals surface area contributed by atoms with Crippen molar-refractivity contribution in [2.24, 2.45) is 0 Å². The summed E-state index contributed by atoms with van der Waals surface area (Å²) in [6.45, 7) is -4.11. The number of rotatable bonds is 15. The van der Waals surface area contributed by atoms with E-state index in [1.165, 1.54) is 0 Å². The van der Waals surface area contributed by atoms with E-state index in [0.29, 0.717) is 6.92 Å². The van der Waals surface area contributed by atoms with Gasteiger partial charge in [0, 0.05) is 6.92 Å². The van der Waals surface area contributed by atoms with E-state index in [9.17, 15) is 92.6 Å². The average Bonchev–Trinajstić information content (AvgIpc) is 2.72. The van der Waals surface area contributed by atoms with Gasteiger partial charge in [0.15, 0.2) is 0 Å². The lowest BCUT2D eigenvalue weighted by molar-refractivity contribution is -0.472. The summed E-state index contributed by atoms with van der Waals surface area (Å²) in [5, 5.41) is 0. The average molecular weight is 666 g/mol. The van der Waals surface area contributed by atoms with Crippen molar-refractivity contribution in [3.8, 4) is 0 Å². The minimum absolute atomic E-state index is 0.403. The second-order valence-corrected chi connectivity index (χ2v) is 7.02. The number of hydrogen-bond acceptors (Lipinski definition) is 6. The number of esters is 1. The number of halogens is 20. The Kier molecular flexibility index (Phi) is 11.6. The minimum Gasteiger partial charge on any atom is -0.463 e. The number of alkyl halides is 20. The van der Waals surface area contributed by atoms with Crippen LogP contribution in [0.1, 0.15) is 6.92 Å². The van der Waals surface area contributed by atoms with E-state index < -0.39 is 86.6 Å². The van der Waals surface area contributed by atoms with Gasteiger partial charge in [0.25, 0.3) is 12.7 Å². The number of carbonyl (C=O) groups excluding carboxylic acids is 1. The topological polar surface area (TPSA) is 63.2 Å². The fraction of sp³-hybridized carbons (Fsp3) is 0.933. The molecule has 0 saturated carbocycles. The van der Waals surface area contributed by atoms with Gasteiger partial charge >= 0.3 is 54.6 Å². The van der Waals surface area contributed by atoms with Crippen LogP contribution in [-0.2, 0) is 28.5 Å². The highest BCUT2D eigenvalue weighted by molar-refractivity contribution is 5.65. The molecule has 246 valence electrons. The molecule has 0 aromatic rings. The third-order valence-corrected chi connectivity index (χ3v) is 3.73. The van der Waals surface area contributed by atoms with Crippen molar-refractivity contribution in [3.63, 3.8) is 0 Å². The Hall–Kier alpha value is -2.09. The van der Waals surface area contributed by atoms with E-state index in [4.69, 9.17) is 0 Å². The molecular weight excluding hydrogens is 656 g/mol. The van der Waals surface area contributed by atoms with Crippen LogP contribution < -0.4 is 0 Å². The Labute approximate surface area is 211 Å². The summed E-state index contributed by atoms with van der Waals surface area (Å²) in [7, 11) is 0. The van der Waals surface area contributed by atoms with E-state index in [2.05, 4.69) is 18.9 Å². The van der Waals surface area contributed by atoms with Crippen LogP contribution in [0.25, 0.3) is 0 Å². The number of carbonyl (C=O) groups is 1. The third kappa shape index (κ3) is 9.45. The molecule has 0 aromatic carbocycles. The van der Waals surface area contributed by atoms with Crippen molar-refractivity contribution in [1.29, 1.82) is 0 Å². The monoisotopic (exact) mass is 666 g/mol. The number of hydrogen-bond donors (Lipinski definition) is 0. The molecule has 26 heteroatoms. The second-order valence-electron chi connectivity index (χ2n) is 7.02. The fourth-order valence-electron chi connectivity index (χ4n) is 1.75. The van der Waals surface area contributed by atoms with Crippen LogP contribution in [0.15, 0.2) is 0 Å². The maximum atomic E-state index is 13.7. The predicted molar refractivity (Wildman–Crippen MR) is 81.2 cm³/mol. The molecule has 0 saturated heterocycles. The van der Waals surface area contributed by atoms with E-state index in [-0.39, 0.29) is 0 Å². The van der Waals surface area contributed by atoms with Crippen LogP contribution in [0.4, 0.5) is 87.8 Å². The summed E-state index contributed by atoms with van der Waals surface area (Å²) >= 11 is 0. The first-order valence-corrected chi connectivity index (χ1v) is 9.24. The van der Waals surface area contributed by atoms with Gasteiger partial charge in [0.05, 0.1) is 6.61 Å². The van der Waals surface area contributed by atoms with Crippen LogP contribution >= 0.6 is 0 Å². The van der Waals surface area contributed by atoms with Gasteiger partial charge in [-0.2, -0.15) is 79.0 Å². The molecule has 0 radical (unpaired) electrons. The summed E-state index contributed by atoms with van der Waals surface area (Å²) in [4.78, 5) is 10.7. The highest BCUT2D eigenvalue weighted by atomic mass is 19.4. The van der Waals surface area contributed by atoms with E-state index >= 15 is 0 Å². The van der Waals surface area contributed by atoms with Crippen LogP contribution in [0, 0.1) is 0 Å². The zero-order valence-corrected chi connectivity index (χ0v) is 18.7. The Morgan fingerprint density at radius 1 is 0.561 bits per heavy atom. The van der Waals surface area contributed by atoms with E-state index in [0.717, 1.165) is 0 Å². The third-order valence-electron chi connectivity index (χ3n) is 3.73. The summed E-state index contributed by atoms with van der Waals surface area (Å²) in [6.07, 6.45) is -55.0. The Morgan fingerprint density at radius 2 is 0.902 bits per heavy atom. The molecule has 3 unspecified atom stereocenters. The number of ether oxygens (including phenoxy) is 5. The molecule has 0 aromatic heterocycles. The van der Waals surface area contributed by atoms with Crippen molar-refractivity contribution < 1.29 is 116 Å². The molecule has 0 aliphatic carbocycles. The highest BCUT2D eigenvalue weighted by Crippen LogP contribution is 2.50. The van der Waals surface area contributed by atoms with Gasteiger partial charge in [-0.25, -0.2) is 8.78 Å². The summed E-state index contributed by atoms with van der Waals surface area (Å²) in [5.74, 6) is -16.3. The standard InChI is InChI=1S/C15H10F20O6/c1-4(36)37-2-5(39-9(20,21)7(17)41-15(34,35)11(24,25)13(29,30)31)3-38-8(18,19)6(16)40-14(32,33)10(22,23)12(26,27)28/h5-7H,2-3H2,1H3. The normalized spacial score (nSPS) is 17.3. The van der Waals surface area contributed by atoms with Crippen LogP contribution in [-0.4, -0.2) is 86.6 Å². The summed E-state index contributed by atoms with van der Waals surface area (Å²) < 4.78 is 270. The molecular formula is C15H10F20O6. The molecule has 0 fully saturated rings. The molecule has 0 bridgehead atoms. The van der Waals surface area contributed by atoms with E-state index in [1.54, 1.807) is 0 Å². The summed E-state index contributed by atoms with van der Waals surface area (Å²) in [5.41, 5.74) is 0. The van der Waals surface area contributed by atoms with Gasteiger partial charge in [-0.1, -0.05) is 0 Å². The maximum Gasteiger partial charge on any atom is 0.462 e. The van der Waals surface area contributed by atoms with Gasteiger partial charge in [0.1, 0.15) is 12.7 Å². The van der Waals surface area contributed by atoms with Crippen molar-refractivity contribution in [2.75, 3.05) is 13.2 Å². The minimum atomic E-state index is -7.34. The Bertz CT molecular complexity index is 870. The van der Waals surface area contributed by atoms with Crippen molar-refractivity contribution >= 4 is 5.97 Å². The first-order valence-electron chi connectivity index (χ1n) is 9.24. The zero-order chi connectivity index (χ0) is 33.3. The fourth-order valence-corrected chi connectivity index (χ4v) is 1.75. The smallest absolute Gasteiger partial charge is 0.462 e. The van der Waals surface area contributed by atoms with Crippen LogP contribution in [0.5, 0.6) is 0 Å². The van der Waals surface area contributed by atoms with Gasteiger partial charge in [-0.3, -0.25) is 14.3 Å². The second kappa shape index (κ2) is 12.3.